The number of nitrogens with zero attached hydrogens (tertiary/aromatic N) is 4. The van der Waals surface area contributed by atoms with Gasteiger partial charge in [-0.1, -0.05) is 6.07 Å². The number of fused-ring (bicyclic) bond motifs is 1. The molecule has 0 bridgehead atoms. The van der Waals surface area contributed by atoms with E-state index in [1.165, 1.54) is 0 Å². The van der Waals surface area contributed by atoms with Crippen molar-refractivity contribution in [1.82, 2.24) is 24.8 Å². The second-order valence-electron chi connectivity index (χ2n) is 5.20. The van der Waals surface area contributed by atoms with E-state index in [-0.39, 0.29) is 25.0 Å². The molecule has 2 rings (SSSR count). The lowest BCUT2D eigenvalue weighted by atomic mass is 10.4. The summed E-state index contributed by atoms with van der Waals surface area (Å²) >= 11 is 0. The van der Waals surface area contributed by atoms with Crippen molar-refractivity contribution in [1.29, 1.82) is 0 Å². The minimum Gasteiger partial charge on any atom is -0.362 e. The van der Waals surface area contributed by atoms with Crippen LogP contribution in [0.2, 0.25) is 0 Å². The molecule has 0 saturated carbocycles. The second-order valence-corrected chi connectivity index (χ2v) is 5.20. The van der Waals surface area contributed by atoms with Gasteiger partial charge in [0.05, 0.1) is 0 Å². The van der Waals surface area contributed by atoms with Crippen molar-refractivity contribution in [3.8, 4) is 0 Å². The van der Waals surface area contributed by atoms with Crippen molar-refractivity contribution in [2.24, 2.45) is 0 Å². The standard InChI is InChI=1S/C16H23N5O3/c1-3-20(4-2)16(23)12-24-11-15(22)17-9-8-14-19-18-13-7-5-6-10-21(13)14/h5-7,10H,3-4,8-9,11-12H2,1-2H3,(H,17,22). The first kappa shape index (κ1) is 17.9. The Morgan fingerprint density at radius 1 is 1.21 bits per heavy atom. The highest BCUT2D eigenvalue weighted by atomic mass is 16.5. The molecule has 0 unspecified atom stereocenters. The molecule has 0 radical (unpaired) electrons. The molecule has 1 N–H and O–H groups in total. The number of hydrogen-bond donors (Lipinski definition) is 1. The maximum Gasteiger partial charge on any atom is 0.248 e. The molecule has 0 saturated heterocycles. The van der Waals surface area contributed by atoms with Crippen LogP contribution in [0.5, 0.6) is 0 Å². The average molecular weight is 333 g/mol. The summed E-state index contributed by atoms with van der Waals surface area (Å²) in [6, 6.07) is 5.67. The summed E-state index contributed by atoms with van der Waals surface area (Å²) in [4.78, 5) is 25.1. The highest BCUT2D eigenvalue weighted by Crippen LogP contribution is 2.02. The van der Waals surface area contributed by atoms with Crippen molar-refractivity contribution in [3.63, 3.8) is 0 Å². The lowest BCUT2D eigenvalue weighted by Crippen LogP contribution is -2.35. The Morgan fingerprint density at radius 3 is 2.75 bits per heavy atom. The SMILES string of the molecule is CCN(CC)C(=O)COCC(=O)NCCc1nnc2ccccn12. The molecule has 2 aromatic rings. The van der Waals surface area contributed by atoms with E-state index in [0.717, 1.165) is 11.5 Å². The number of rotatable bonds is 9. The molecular formula is C16H23N5O3. The van der Waals surface area contributed by atoms with E-state index in [2.05, 4.69) is 15.5 Å². The van der Waals surface area contributed by atoms with Gasteiger partial charge in [-0.2, -0.15) is 0 Å². The van der Waals surface area contributed by atoms with Crippen LogP contribution in [-0.2, 0) is 20.7 Å². The fraction of sp³-hybridized carbons (Fsp3) is 0.500. The Labute approximate surface area is 140 Å². The molecule has 0 spiro atoms. The molecule has 8 nitrogen and oxygen atoms in total. The Morgan fingerprint density at radius 2 is 2.00 bits per heavy atom. The van der Waals surface area contributed by atoms with Gasteiger partial charge in [-0.3, -0.25) is 14.0 Å². The third-order valence-corrected chi connectivity index (χ3v) is 3.63. The van der Waals surface area contributed by atoms with Gasteiger partial charge in [0.2, 0.25) is 11.8 Å². The van der Waals surface area contributed by atoms with Gasteiger partial charge in [-0.15, -0.1) is 10.2 Å². The quantitative estimate of drug-likeness (QED) is 0.712. The molecule has 24 heavy (non-hydrogen) atoms. The number of carbonyl (C=O) groups excluding carboxylic acids is 2. The first-order valence-electron chi connectivity index (χ1n) is 8.06. The van der Waals surface area contributed by atoms with E-state index in [1.54, 1.807) is 4.90 Å². The van der Waals surface area contributed by atoms with E-state index in [1.807, 2.05) is 42.6 Å². The van der Waals surface area contributed by atoms with Crippen molar-refractivity contribution < 1.29 is 14.3 Å². The molecule has 8 heteroatoms. The van der Waals surface area contributed by atoms with Gasteiger partial charge >= 0.3 is 0 Å². The van der Waals surface area contributed by atoms with Crippen LogP contribution in [-0.4, -0.2) is 64.2 Å². The summed E-state index contributed by atoms with van der Waals surface area (Å²) in [7, 11) is 0. The predicted octanol–water partition coefficient (Wildman–Crippen LogP) is 0.273. The highest BCUT2D eigenvalue weighted by molar-refractivity contribution is 5.79. The van der Waals surface area contributed by atoms with Gasteiger partial charge in [-0.25, -0.2) is 0 Å². The van der Waals surface area contributed by atoms with Crippen LogP contribution in [0.25, 0.3) is 5.65 Å². The predicted molar refractivity (Wildman–Crippen MR) is 88.4 cm³/mol. The average Bonchev–Trinajstić information content (AvgIpc) is 2.99. The first-order valence-corrected chi connectivity index (χ1v) is 8.06. The molecule has 0 aliphatic rings. The zero-order chi connectivity index (χ0) is 17.4. The monoisotopic (exact) mass is 333 g/mol. The molecular weight excluding hydrogens is 310 g/mol. The number of likely N-dealkylation sites (N-methyl/N-ethyl adjacent to an activating group) is 1. The van der Waals surface area contributed by atoms with Crippen LogP contribution in [0.1, 0.15) is 19.7 Å². The van der Waals surface area contributed by atoms with Gasteiger partial charge in [0, 0.05) is 32.3 Å². The molecule has 2 amide bonds. The van der Waals surface area contributed by atoms with Crippen LogP contribution in [0.3, 0.4) is 0 Å². The molecule has 0 atom stereocenters. The minimum atomic E-state index is -0.254. The van der Waals surface area contributed by atoms with Crippen LogP contribution >= 0.6 is 0 Å². The zero-order valence-electron chi connectivity index (χ0n) is 14.1. The lowest BCUT2D eigenvalue weighted by molar-refractivity contribution is -0.138. The zero-order valence-corrected chi connectivity index (χ0v) is 14.1. The number of pyridine rings is 1. The Kier molecular flexibility index (Phi) is 6.68. The van der Waals surface area contributed by atoms with E-state index in [4.69, 9.17) is 4.74 Å². The highest BCUT2D eigenvalue weighted by Gasteiger charge is 2.11. The Hall–Kier alpha value is -2.48. The summed E-state index contributed by atoms with van der Waals surface area (Å²) in [6.07, 6.45) is 2.45. The normalized spacial score (nSPS) is 10.8. The van der Waals surface area contributed by atoms with Crippen molar-refractivity contribution >= 4 is 17.5 Å². The van der Waals surface area contributed by atoms with Gasteiger partial charge in [0.15, 0.2) is 5.65 Å². The number of aromatic nitrogens is 3. The molecule has 2 aromatic heterocycles. The van der Waals surface area contributed by atoms with Crippen molar-refractivity contribution in [2.75, 3.05) is 32.8 Å². The van der Waals surface area contributed by atoms with Gasteiger partial charge in [0.25, 0.3) is 0 Å². The van der Waals surface area contributed by atoms with Crippen LogP contribution < -0.4 is 5.32 Å². The summed E-state index contributed by atoms with van der Waals surface area (Å²) in [5, 5.41) is 10.9. The molecule has 2 heterocycles. The Bertz CT molecular complexity index is 681. The number of hydrogen-bond acceptors (Lipinski definition) is 5. The summed E-state index contributed by atoms with van der Waals surface area (Å²) in [6.45, 7) is 5.30. The van der Waals surface area contributed by atoms with Crippen molar-refractivity contribution in [2.45, 2.75) is 20.3 Å². The van der Waals surface area contributed by atoms with Crippen LogP contribution in [0, 0.1) is 0 Å². The maximum absolute atomic E-state index is 11.7. The largest absolute Gasteiger partial charge is 0.362 e. The number of carbonyl (C=O) groups is 2. The van der Waals surface area contributed by atoms with E-state index in [0.29, 0.717) is 26.1 Å². The lowest BCUT2D eigenvalue weighted by Gasteiger charge is -2.18. The molecule has 0 fully saturated rings. The summed E-state index contributed by atoms with van der Waals surface area (Å²) < 4.78 is 7.04. The fourth-order valence-electron chi connectivity index (χ4n) is 2.32. The van der Waals surface area contributed by atoms with Crippen LogP contribution in [0.4, 0.5) is 0 Å². The number of amides is 2. The smallest absolute Gasteiger partial charge is 0.248 e. The first-order chi connectivity index (χ1) is 11.7. The molecule has 130 valence electrons. The molecule has 0 aliphatic carbocycles. The summed E-state index contributed by atoms with van der Waals surface area (Å²) in [5.74, 6) is 0.419. The third kappa shape index (κ3) is 4.76. The molecule has 0 aliphatic heterocycles. The summed E-state index contributed by atoms with van der Waals surface area (Å²) in [5.41, 5.74) is 0.775. The maximum atomic E-state index is 11.7. The number of ether oxygens (including phenoxy) is 1. The second kappa shape index (κ2) is 8.97. The fourth-order valence-corrected chi connectivity index (χ4v) is 2.32. The number of nitrogens with one attached hydrogen (secondary N) is 1. The van der Waals surface area contributed by atoms with Crippen molar-refractivity contribution in [3.05, 3.63) is 30.2 Å². The topological polar surface area (TPSA) is 88.8 Å². The third-order valence-electron chi connectivity index (χ3n) is 3.63. The molecule has 0 aromatic carbocycles. The van der Waals surface area contributed by atoms with Crippen LogP contribution in [0.15, 0.2) is 24.4 Å². The van der Waals surface area contributed by atoms with E-state index >= 15 is 0 Å². The van der Waals surface area contributed by atoms with E-state index in [9.17, 15) is 9.59 Å². The Balaban J connectivity index is 1.67. The van der Waals surface area contributed by atoms with E-state index < -0.39 is 0 Å². The van der Waals surface area contributed by atoms with Gasteiger partial charge in [-0.05, 0) is 26.0 Å². The minimum absolute atomic E-state index is 0.0794. The van der Waals surface area contributed by atoms with Gasteiger partial charge < -0.3 is 15.0 Å². The van der Waals surface area contributed by atoms with Gasteiger partial charge in [0.1, 0.15) is 19.0 Å².